The van der Waals surface area contributed by atoms with Crippen molar-refractivity contribution in [3.05, 3.63) is 47.1 Å². The number of esters is 2. The first-order chi connectivity index (χ1) is 26.8. The van der Waals surface area contributed by atoms with Crippen molar-refractivity contribution in [2.45, 2.75) is 151 Å². The molecule has 0 unspecified atom stereocenters. The molecule has 7 aliphatic carbocycles. The lowest BCUT2D eigenvalue weighted by Crippen LogP contribution is -2.61. The van der Waals surface area contributed by atoms with E-state index < -0.39 is 28.2 Å². The third-order valence-electron chi connectivity index (χ3n) is 17.5. The first-order valence-electron chi connectivity index (χ1n) is 22.8. The quantitative estimate of drug-likeness (QED) is 0.134. The molecule has 5 fully saturated rings. The monoisotopic (exact) mass is 803 g/mol. The van der Waals surface area contributed by atoms with Gasteiger partial charge in [-0.05, 0) is 168 Å². The normalized spacial score (nSPS) is 39.0. The van der Waals surface area contributed by atoms with Crippen LogP contribution in [-0.2, 0) is 29.9 Å². The van der Waals surface area contributed by atoms with Gasteiger partial charge in [0.05, 0.1) is 12.2 Å². The SMILES string of the molecule is C=C(C)[C@@H]1CC[C@]2(NCCN3CCS(=O)CC3)CC=C3[C@H](CC[C@@H]4[C@@]5(C)CC=C(C6=CC7(C6)CC(C(=O)OC(C)C)(C(=O)OC(C)C)C7)C(C)(C)[C@@H]5CC[C@@]34C)[C@@H]12. The second-order valence-corrected chi connectivity index (χ2v) is 23.7. The Morgan fingerprint density at radius 1 is 0.912 bits per heavy atom. The average molecular weight is 803 g/mol. The summed E-state index contributed by atoms with van der Waals surface area (Å²) < 4.78 is 23.3. The van der Waals surface area contributed by atoms with E-state index in [9.17, 15) is 13.8 Å². The van der Waals surface area contributed by atoms with Crippen LogP contribution in [0.3, 0.4) is 0 Å². The van der Waals surface area contributed by atoms with Crippen LogP contribution in [0.4, 0.5) is 0 Å². The van der Waals surface area contributed by atoms with Gasteiger partial charge in [-0.25, -0.2) is 0 Å². The number of nitrogens with zero attached hydrogens (tertiary/aromatic N) is 1. The standard InChI is InChI=1S/C49H74N2O5S/c1-31(2)35-13-19-49(50-21-22-51-23-25-57(54)26-24-51)20-15-38-36(41(35)49)11-12-40-45(38,9)18-16-39-44(7,8)37(14-17-46(39,40)10)34-27-47(28-34)29-48(30-47,42(52)55-32(3)4)43(53)56-33(5)6/h14-15,27,32-33,35-36,39-41,50H,1,11-13,16-26,28-30H2,2-10H3/t35-,36-,39-,40-,41+,45-,46-,49-/m0/s1. The van der Waals surface area contributed by atoms with Gasteiger partial charge in [0.15, 0.2) is 5.41 Å². The molecule has 1 aliphatic heterocycles. The van der Waals surface area contributed by atoms with Gasteiger partial charge in [0, 0.05) is 54.0 Å². The molecule has 316 valence electrons. The fourth-order valence-electron chi connectivity index (χ4n) is 15.2. The zero-order valence-corrected chi connectivity index (χ0v) is 37.7. The third-order valence-corrected chi connectivity index (χ3v) is 18.8. The summed E-state index contributed by atoms with van der Waals surface area (Å²) in [4.78, 5) is 29.2. The summed E-state index contributed by atoms with van der Waals surface area (Å²) in [7, 11) is -0.631. The second kappa shape index (κ2) is 14.6. The summed E-state index contributed by atoms with van der Waals surface area (Å²) in [6.45, 7) is 28.6. The Balaban J connectivity index is 1.01. The van der Waals surface area contributed by atoms with Crippen molar-refractivity contribution < 1.29 is 23.3 Å². The number of allylic oxidation sites excluding steroid dienone is 6. The van der Waals surface area contributed by atoms with E-state index in [2.05, 4.69) is 69.6 Å². The van der Waals surface area contributed by atoms with Crippen molar-refractivity contribution >= 4 is 22.7 Å². The van der Waals surface area contributed by atoms with Crippen molar-refractivity contribution in [1.82, 2.24) is 10.2 Å². The zero-order valence-electron chi connectivity index (χ0n) is 36.9. The van der Waals surface area contributed by atoms with Gasteiger partial charge in [0.2, 0.25) is 0 Å². The highest BCUT2D eigenvalue weighted by Crippen LogP contribution is 2.73. The number of rotatable bonds is 10. The number of carbonyl (C=O) groups excluding carboxylic acids is 2. The summed E-state index contributed by atoms with van der Waals surface area (Å²) in [5.41, 5.74) is 5.46. The maximum atomic E-state index is 13.4. The molecule has 7 nitrogen and oxygen atoms in total. The lowest BCUT2D eigenvalue weighted by molar-refractivity contribution is -0.194. The number of carbonyl (C=O) groups is 2. The van der Waals surface area contributed by atoms with Crippen LogP contribution >= 0.6 is 0 Å². The highest BCUT2D eigenvalue weighted by Gasteiger charge is 2.69. The Bertz CT molecular complexity index is 1750. The topological polar surface area (TPSA) is 84.9 Å². The number of nitrogens with one attached hydrogen (secondary N) is 1. The molecule has 1 N–H and O–H groups in total. The van der Waals surface area contributed by atoms with Gasteiger partial charge >= 0.3 is 11.9 Å². The molecule has 0 aromatic rings. The highest BCUT2D eigenvalue weighted by molar-refractivity contribution is 7.85. The van der Waals surface area contributed by atoms with E-state index in [0.29, 0.717) is 42.4 Å². The largest absolute Gasteiger partial charge is 0.462 e. The maximum Gasteiger partial charge on any atom is 0.323 e. The van der Waals surface area contributed by atoms with Gasteiger partial charge in [-0.1, -0.05) is 63.6 Å². The summed E-state index contributed by atoms with van der Waals surface area (Å²) >= 11 is 0. The zero-order chi connectivity index (χ0) is 40.9. The molecule has 0 aromatic carbocycles. The molecule has 4 saturated carbocycles. The minimum atomic E-state index is -1.19. The Morgan fingerprint density at radius 2 is 1.56 bits per heavy atom. The predicted molar refractivity (Wildman–Crippen MR) is 230 cm³/mol. The van der Waals surface area contributed by atoms with Crippen molar-refractivity contribution in [3.8, 4) is 0 Å². The van der Waals surface area contributed by atoms with E-state index in [1.165, 1.54) is 55.2 Å². The van der Waals surface area contributed by atoms with Crippen LogP contribution < -0.4 is 5.32 Å². The van der Waals surface area contributed by atoms with E-state index in [1.54, 1.807) is 5.57 Å². The van der Waals surface area contributed by atoms with Gasteiger partial charge < -0.3 is 19.7 Å². The fraction of sp³-hybridized carbons (Fsp3) is 0.796. The van der Waals surface area contributed by atoms with E-state index in [4.69, 9.17) is 9.47 Å². The first-order valence-corrected chi connectivity index (χ1v) is 24.3. The van der Waals surface area contributed by atoms with Crippen molar-refractivity contribution in [2.75, 3.05) is 37.7 Å². The van der Waals surface area contributed by atoms with Crippen LogP contribution in [0.15, 0.2) is 47.1 Å². The number of fused-ring (bicyclic) bond motifs is 7. The molecule has 1 heterocycles. The van der Waals surface area contributed by atoms with Gasteiger partial charge in [-0.15, -0.1) is 0 Å². The minimum absolute atomic E-state index is 0.0481. The summed E-state index contributed by atoms with van der Waals surface area (Å²) in [6.07, 6.45) is 19.0. The van der Waals surface area contributed by atoms with Crippen LogP contribution in [0.25, 0.3) is 0 Å². The third kappa shape index (κ3) is 6.66. The summed E-state index contributed by atoms with van der Waals surface area (Å²) in [6, 6.07) is 0. The van der Waals surface area contributed by atoms with E-state index in [0.717, 1.165) is 56.9 Å². The number of hydrogen-bond acceptors (Lipinski definition) is 7. The molecule has 8 heteroatoms. The van der Waals surface area contributed by atoms with Gasteiger partial charge in [-0.3, -0.25) is 13.8 Å². The highest BCUT2D eigenvalue weighted by atomic mass is 32.2. The molecule has 0 amide bonds. The van der Waals surface area contributed by atoms with E-state index in [1.807, 2.05) is 27.7 Å². The van der Waals surface area contributed by atoms with Crippen LogP contribution in [0.5, 0.6) is 0 Å². The molecule has 8 atom stereocenters. The molecule has 8 aliphatic rings. The minimum Gasteiger partial charge on any atom is -0.462 e. The summed E-state index contributed by atoms with van der Waals surface area (Å²) in [5, 5.41) is 4.23. The molecule has 57 heavy (non-hydrogen) atoms. The Kier molecular flexibility index (Phi) is 10.7. The lowest BCUT2D eigenvalue weighted by Gasteiger charge is -2.67. The molecule has 0 bridgehead atoms. The van der Waals surface area contributed by atoms with E-state index in [-0.39, 0.29) is 39.4 Å². The molecular formula is C49H74N2O5S. The number of hydrogen-bond donors (Lipinski definition) is 1. The van der Waals surface area contributed by atoms with Crippen molar-refractivity contribution in [2.24, 2.45) is 56.7 Å². The Hall–Kier alpha value is -2.03. The van der Waals surface area contributed by atoms with Crippen LogP contribution in [0.2, 0.25) is 0 Å². The van der Waals surface area contributed by atoms with E-state index >= 15 is 0 Å². The fourth-order valence-corrected chi connectivity index (χ4v) is 16.3. The van der Waals surface area contributed by atoms with Gasteiger partial charge in [0.1, 0.15) is 0 Å². The average Bonchev–Trinajstić information content (AvgIpc) is 3.48. The predicted octanol–water partition coefficient (Wildman–Crippen LogP) is 9.12. The molecule has 8 rings (SSSR count). The van der Waals surface area contributed by atoms with Gasteiger partial charge in [0.25, 0.3) is 0 Å². The molecule has 1 spiro atoms. The van der Waals surface area contributed by atoms with Crippen molar-refractivity contribution in [1.29, 1.82) is 0 Å². The number of ether oxygens (including phenoxy) is 2. The Labute approximate surface area is 347 Å². The first kappa shape index (κ1) is 41.7. The Morgan fingerprint density at radius 3 is 2.18 bits per heavy atom. The van der Waals surface area contributed by atoms with Crippen LogP contribution in [-0.4, -0.2) is 76.5 Å². The maximum absolute atomic E-state index is 13.4. The molecule has 0 radical (unpaired) electrons. The molecular weight excluding hydrogens is 729 g/mol. The second-order valence-electron chi connectivity index (χ2n) is 22.0. The smallest absolute Gasteiger partial charge is 0.323 e. The lowest BCUT2D eigenvalue weighted by atomic mass is 9.37. The molecule has 1 saturated heterocycles. The van der Waals surface area contributed by atoms with Crippen LogP contribution in [0, 0.1) is 56.7 Å². The molecule has 0 aromatic heterocycles. The summed E-state index contributed by atoms with van der Waals surface area (Å²) in [5.74, 6) is 3.88. The van der Waals surface area contributed by atoms with Gasteiger partial charge in [-0.2, -0.15) is 0 Å². The van der Waals surface area contributed by atoms with Crippen molar-refractivity contribution in [3.63, 3.8) is 0 Å². The van der Waals surface area contributed by atoms with Crippen LogP contribution in [0.1, 0.15) is 133 Å².